The van der Waals surface area contributed by atoms with Crippen LogP contribution in [0, 0.1) is 30.1 Å². The molecule has 0 spiro atoms. The van der Waals surface area contributed by atoms with Crippen LogP contribution in [-0.4, -0.2) is 47.9 Å². The lowest BCUT2D eigenvalue weighted by molar-refractivity contribution is -0.150. The molecule has 0 aliphatic rings. The second-order valence-corrected chi connectivity index (χ2v) is 15.6. The van der Waals surface area contributed by atoms with Crippen molar-refractivity contribution in [3.05, 3.63) is 203 Å². The number of carbonyl (C=O) groups is 3. The maximum absolute atomic E-state index is 12.1. The Hall–Kier alpha value is -7.65. The summed E-state index contributed by atoms with van der Waals surface area (Å²) in [6.07, 6.45) is 10.3. The Morgan fingerprint density at radius 2 is 0.769 bits per heavy atom. The van der Waals surface area contributed by atoms with Crippen molar-refractivity contribution in [3.63, 3.8) is 0 Å². The van der Waals surface area contributed by atoms with Crippen LogP contribution in [0.25, 0.3) is 0 Å². The molecule has 2 aromatic heterocycles. The molecule has 0 saturated heterocycles. The predicted molar refractivity (Wildman–Crippen MR) is 248 cm³/mol. The average Bonchev–Trinajstić information content (AvgIpc) is 3.99. The van der Waals surface area contributed by atoms with Crippen LogP contribution in [0.2, 0.25) is 0 Å². The van der Waals surface area contributed by atoms with Crippen molar-refractivity contribution in [1.82, 2.24) is 30.0 Å². The first-order chi connectivity index (χ1) is 31.6. The van der Waals surface area contributed by atoms with Gasteiger partial charge in [-0.2, -0.15) is 0 Å². The maximum atomic E-state index is 12.1. The van der Waals surface area contributed by atoms with Crippen LogP contribution in [0.5, 0.6) is 0 Å². The molecule has 0 aliphatic carbocycles. The topological polar surface area (TPSA) is 140 Å². The van der Waals surface area contributed by atoms with Gasteiger partial charge in [-0.05, 0) is 27.8 Å². The third-order valence-corrected chi connectivity index (χ3v) is 9.88. The van der Waals surface area contributed by atoms with E-state index in [-0.39, 0.29) is 35.7 Å². The molecular weight excluding hydrogens is 817 g/mol. The van der Waals surface area contributed by atoms with Crippen molar-refractivity contribution in [2.75, 3.05) is 0 Å². The third kappa shape index (κ3) is 17.9. The van der Waals surface area contributed by atoms with Gasteiger partial charge in [0.15, 0.2) is 0 Å². The normalized spacial score (nSPS) is 11.8. The van der Waals surface area contributed by atoms with Crippen molar-refractivity contribution in [2.24, 2.45) is 17.8 Å². The minimum atomic E-state index is -0.259. The van der Waals surface area contributed by atoms with E-state index in [4.69, 9.17) is 20.6 Å². The molecular formula is C53H56N6O6. The number of rotatable bonds is 18. The molecule has 0 unspecified atom stereocenters. The lowest BCUT2D eigenvalue weighted by atomic mass is 10.1. The summed E-state index contributed by atoms with van der Waals surface area (Å²) in [4.78, 5) is 35.7. The molecule has 7 aromatic rings. The van der Waals surface area contributed by atoms with Gasteiger partial charge in [0.2, 0.25) is 0 Å². The highest BCUT2D eigenvalue weighted by Gasteiger charge is 2.19. The first-order valence-electron chi connectivity index (χ1n) is 21.6. The lowest BCUT2D eigenvalue weighted by Gasteiger charge is -2.10. The molecule has 0 fully saturated rings. The van der Waals surface area contributed by atoms with Crippen LogP contribution in [0.4, 0.5) is 0 Å². The quantitative estimate of drug-likeness (QED) is 0.0467. The molecule has 0 amide bonds. The van der Waals surface area contributed by atoms with Crippen molar-refractivity contribution in [3.8, 4) is 12.3 Å². The van der Waals surface area contributed by atoms with Crippen LogP contribution in [-0.2, 0) is 74.3 Å². The highest BCUT2D eigenvalue weighted by Crippen LogP contribution is 2.13. The van der Waals surface area contributed by atoms with Crippen LogP contribution >= 0.6 is 0 Å². The van der Waals surface area contributed by atoms with E-state index in [1.165, 1.54) is 0 Å². The van der Waals surface area contributed by atoms with Gasteiger partial charge in [0.1, 0.15) is 19.8 Å². The van der Waals surface area contributed by atoms with E-state index in [1.807, 2.05) is 178 Å². The summed E-state index contributed by atoms with van der Waals surface area (Å²) in [6.45, 7) is 7.71. The molecule has 12 heteroatoms. The lowest BCUT2D eigenvalue weighted by Crippen LogP contribution is -2.17. The number of nitrogens with zero attached hydrogens (tertiary/aromatic N) is 6. The summed E-state index contributed by atoms with van der Waals surface area (Å²) in [5, 5.41) is 16.6. The minimum Gasteiger partial charge on any atom is -0.461 e. The molecule has 5 aromatic carbocycles. The Bertz CT molecular complexity index is 2350. The van der Waals surface area contributed by atoms with Crippen molar-refractivity contribution in [1.29, 1.82) is 0 Å². The maximum Gasteiger partial charge on any atom is 0.309 e. The van der Waals surface area contributed by atoms with E-state index in [0.717, 1.165) is 39.2 Å². The number of terminal acetylenes is 1. The number of carbonyl (C=O) groups excluding carboxylic acids is 3. The van der Waals surface area contributed by atoms with Crippen molar-refractivity contribution < 1.29 is 28.6 Å². The molecule has 12 nitrogen and oxygen atoms in total. The SMILES string of the molecule is C#CC[C@H](C)C(=O)OCc1ccccc1.C[C@@H](Cc1cn(Cc2ccccc2)nn1)C(=O)OCc1ccccc1.C[C@@H](Cc1cn(Cc2ccccc2)nn1)C(=O)OCc1ccccc1. The fraction of sp³-hybridized carbons (Fsp3) is 0.264. The first kappa shape index (κ1) is 48.4. The van der Waals surface area contributed by atoms with Gasteiger partial charge < -0.3 is 14.2 Å². The molecule has 65 heavy (non-hydrogen) atoms. The van der Waals surface area contributed by atoms with Gasteiger partial charge in [0.25, 0.3) is 0 Å². The van der Waals surface area contributed by atoms with Gasteiger partial charge in [0.05, 0.1) is 42.2 Å². The summed E-state index contributed by atoms with van der Waals surface area (Å²) >= 11 is 0. The molecule has 3 atom stereocenters. The zero-order valence-electron chi connectivity index (χ0n) is 37.2. The van der Waals surface area contributed by atoms with Crippen molar-refractivity contribution >= 4 is 17.9 Å². The largest absolute Gasteiger partial charge is 0.461 e. The number of hydrogen-bond donors (Lipinski definition) is 0. The van der Waals surface area contributed by atoms with Crippen molar-refractivity contribution in [2.45, 2.75) is 72.9 Å². The van der Waals surface area contributed by atoms with Crippen LogP contribution in [0.1, 0.15) is 66.4 Å². The zero-order chi connectivity index (χ0) is 46.1. The summed E-state index contributed by atoms with van der Waals surface area (Å²) < 4.78 is 19.4. The zero-order valence-corrected chi connectivity index (χ0v) is 37.2. The number of benzene rings is 5. The first-order valence-corrected chi connectivity index (χ1v) is 21.6. The Morgan fingerprint density at radius 1 is 0.477 bits per heavy atom. The Balaban J connectivity index is 0.000000190. The fourth-order valence-corrected chi connectivity index (χ4v) is 6.23. The van der Waals surface area contributed by atoms with Gasteiger partial charge in [0, 0.05) is 31.7 Å². The van der Waals surface area contributed by atoms with E-state index in [0.29, 0.717) is 52.2 Å². The molecule has 0 bridgehead atoms. The molecule has 0 N–H and O–H groups in total. The van der Waals surface area contributed by atoms with Crippen LogP contribution < -0.4 is 0 Å². The molecule has 0 radical (unpaired) electrons. The van der Waals surface area contributed by atoms with Gasteiger partial charge in [-0.1, -0.05) is 183 Å². The highest BCUT2D eigenvalue weighted by molar-refractivity contribution is 5.73. The van der Waals surface area contributed by atoms with Gasteiger partial charge >= 0.3 is 17.9 Å². The smallest absolute Gasteiger partial charge is 0.309 e. The summed E-state index contributed by atoms with van der Waals surface area (Å²) in [7, 11) is 0. The number of esters is 3. The average molecular weight is 873 g/mol. The van der Waals surface area contributed by atoms with Gasteiger partial charge in [-0.25, -0.2) is 9.36 Å². The van der Waals surface area contributed by atoms with Gasteiger partial charge in [-0.15, -0.1) is 22.5 Å². The Labute approximate surface area is 381 Å². The third-order valence-electron chi connectivity index (χ3n) is 9.88. The summed E-state index contributed by atoms with van der Waals surface area (Å²) in [5.74, 6) is 1.02. The molecule has 7 rings (SSSR count). The molecule has 2 heterocycles. The predicted octanol–water partition coefficient (Wildman–Crippen LogP) is 8.89. The van der Waals surface area contributed by atoms with Crippen LogP contribution in [0.15, 0.2) is 164 Å². The van der Waals surface area contributed by atoms with Crippen LogP contribution in [0.3, 0.4) is 0 Å². The number of ether oxygens (including phenoxy) is 3. The Morgan fingerprint density at radius 3 is 1.08 bits per heavy atom. The molecule has 0 aliphatic heterocycles. The monoisotopic (exact) mass is 872 g/mol. The second kappa shape index (κ2) is 26.7. The van der Waals surface area contributed by atoms with E-state index in [1.54, 1.807) is 16.3 Å². The van der Waals surface area contributed by atoms with E-state index in [2.05, 4.69) is 26.5 Å². The number of aromatic nitrogens is 6. The fourth-order valence-electron chi connectivity index (χ4n) is 6.23. The second-order valence-electron chi connectivity index (χ2n) is 15.6. The summed E-state index contributed by atoms with van der Waals surface area (Å²) in [6, 6.07) is 49.1. The minimum absolute atomic E-state index is 0.221. The summed E-state index contributed by atoms with van der Waals surface area (Å²) in [5.41, 5.74) is 6.86. The van der Waals surface area contributed by atoms with E-state index < -0.39 is 0 Å². The van der Waals surface area contributed by atoms with Gasteiger partial charge in [-0.3, -0.25) is 14.4 Å². The highest BCUT2D eigenvalue weighted by atomic mass is 16.5. The Kier molecular flexibility index (Phi) is 19.9. The molecule has 0 saturated carbocycles. The van der Waals surface area contributed by atoms with E-state index in [9.17, 15) is 14.4 Å². The van der Waals surface area contributed by atoms with E-state index >= 15 is 0 Å². The molecule has 334 valence electrons. The number of hydrogen-bond acceptors (Lipinski definition) is 10. The standard InChI is InChI=1S/2C20H21N3O2.C13H14O2/c2*1-16(20(24)25-15-18-10-6-3-7-11-18)12-19-14-23(22-21-19)13-17-8-4-2-5-9-17;1-3-7-11(2)13(14)15-10-12-8-5-4-6-9-12/h2*2-11,14,16H,12-13,15H2,1H3;1,4-6,8-9,11H,7,10H2,2H3/t2*16-;11-/m000/s1.